The van der Waals surface area contributed by atoms with Crippen molar-refractivity contribution in [3.63, 3.8) is 0 Å². The number of nitrogens with one attached hydrogen (secondary N) is 2. The van der Waals surface area contributed by atoms with Gasteiger partial charge in [-0.25, -0.2) is 0 Å². The molecule has 0 aliphatic carbocycles. The first-order valence-corrected chi connectivity index (χ1v) is 7.65. The Morgan fingerprint density at radius 3 is 2.86 bits per heavy atom. The number of benzene rings is 1. The van der Waals surface area contributed by atoms with Crippen LogP contribution in [0.25, 0.3) is 0 Å². The number of hydrogen-bond donors (Lipinski definition) is 2. The summed E-state index contributed by atoms with van der Waals surface area (Å²) in [6.45, 7) is 4.92. The van der Waals surface area contributed by atoms with E-state index in [-0.39, 0.29) is 0 Å². The van der Waals surface area contributed by atoms with Crippen molar-refractivity contribution in [3.8, 4) is 11.5 Å². The van der Waals surface area contributed by atoms with Crippen molar-refractivity contribution >= 4 is 17.6 Å². The van der Waals surface area contributed by atoms with Gasteiger partial charge in [0.2, 0.25) is 0 Å². The molecule has 2 rings (SSSR count). The Kier molecular flexibility index (Phi) is 5.99. The monoisotopic (exact) mass is 311 g/mol. The maximum absolute atomic E-state index is 6.27. The van der Waals surface area contributed by atoms with Gasteiger partial charge in [0.1, 0.15) is 0 Å². The molecule has 0 amide bonds. The Bertz CT molecular complexity index is 506. The first-order chi connectivity index (χ1) is 10.2. The molecule has 0 radical (unpaired) electrons. The fourth-order valence-corrected chi connectivity index (χ4v) is 2.32. The molecule has 0 bridgehead atoms. The van der Waals surface area contributed by atoms with Gasteiger partial charge in [-0.15, -0.1) is 0 Å². The minimum absolute atomic E-state index is 0.586. The number of hydrogen-bond acceptors (Lipinski definition) is 3. The van der Waals surface area contributed by atoms with Crippen LogP contribution >= 0.6 is 11.6 Å². The van der Waals surface area contributed by atoms with Crippen molar-refractivity contribution in [2.24, 2.45) is 4.99 Å². The Labute approximate surface area is 130 Å². The second kappa shape index (κ2) is 7.98. The molecule has 116 valence electrons. The van der Waals surface area contributed by atoms with E-state index >= 15 is 0 Å². The quantitative estimate of drug-likeness (QED) is 0.663. The molecule has 21 heavy (non-hydrogen) atoms. The molecule has 6 heteroatoms. The van der Waals surface area contributed by atoms with Crippen molar-refractivity contribution in [1.82, 2.24) is 10.6 Å². The first-order valence-electron chi connectivity index (χ1n) is 7.27. The summed E-state index contributed by atoms with van der Waals surface area (Å²) < 4.78 is 11.3. The van der Waals surface area contributed by atoms with Crippen LogP contribution in [-0.4, -0.2) is 32.8 Å². The Balaban J connectivity index is 2.04. The van der Waals surface area contributed by atoms with Crippen LogP contribution in [0.3, 0.4) is 0 Å². The molecule has 1 aromatic rings. The van der Waals surface area contributed by atoms with Crippen molar-refractivity contribution in [1.29, 1.82) is 0 Å². The van der Waals surface area contributed by atoms with E-state index in [2.05, 4.69) is 22.5 Å². The highest BCUT2D eigenvalue weighted by Gasteiger charge is 2.15. The lowest BCUT2D eigenvalue weighted by molar-refractivity contribution is 0.297. The van der Waals surface area contributed by atoms with Crippen molar-refractivity contribution in [2.45, 2.75) is 26.3 Å². The third-order valence-electron chi connectivity index (χ3n) is 3.09. The largest absolute Gasteiger partial charge is 0.489 e. The minimum atomic E-state index is 0.586. The van der Waals surface area contributed by atoms with Gasteiger partial charge in [0.05, 0.1) is 18.2 Å². The lowest BCUT2D eigenvalue weighted by Crippen LogP contribution is -2.37. The summed E-state index contributed by atoms with van der Waals surface area (Å²) >= 11 is 6.27. The molecule has 0 fully saturated rings. The second-order valence-electron chi connectivity index (χ2n) is 4.81. The first kappa shape index (κ1) is 15.8. The van der Waals surface area contributed by atoms with Crippen LogP contribution < -0.4 is 20.1 Å². The number of halogens is 1. The zero-order valence-electron chi connectivity index (χ0n) is 12.5. The zero-order valence-corrected chi connectivity index (χ0v) is 13.3. The molecule has 0 saturated carbocycles. The van der Waals surface area contributed by atoms with Crippen molar-refractivity contribution < 1.29 is 9.47 Å². The molecule has 1 aromatic carbocycles. The van der Waals surface area contributed by atoms with E-state index < -0.39 is 0 Å². The second-order valence-corrected chi connectivity index (χ2v) is 5.22. The maximum Gasteiger partial charge on any atom is 0.191 e. The molecule has 1 aliphatic rings. The van der Waals surface area contributed by atoms with Gasteiger partial charge in [-0.3, -0.25) is 4.99 Å². The van der Waals surface area contributed by atoms with Gasteiger partial charge in [-0.2, -0.15) is 0 Å². The number of guanidine groups is 1. The van der Waals surface area contributed by atoms with Crippen LogP contribution in [0, 0.1) is 0 Å². The molecule has 1 aliphatic heterocycles. The van der Waals surface area contributed by atoms with Gasteiger partial charge in [-0.05, 0) is 24.1 Å². The summed E-state index contributed by atoms with van der Waals surface area (Å²) in [5, 5.41) is 7.07. The van der Waals surface area contributed by atoms with Gasteiger partial charge in [0.15, 0.2) is 17.5 Å². The number of ether oxygens (including phenoxy) is 2. The third-order valence-corrected chi connectivity index (χ3v) is 3.37. The minimum Gasteiger partial charge on any atom is -0.489 e. The highest BCUT2D eigenvalue weighted by molar-refractivity contribution is 6.32. The van der Waals surface area contributed by atoms with Crippen LogP contribution in [0.4, 0.5) is 0 Å². The van der Waals surface area contributed by atoms with Crippen LogP contribution in [0.15, 0.2) is 17.1 Å². The Morgan fingerprint density at radius 2 is 2.10 bits per heavy atom. The van der Waals surface area contributed by atoms with Gasteiger partial charge in [0, 0.05) is 26.6 Å². The molecule has 0 atom stereocenters. The summed E-state index contributed by atoms with van der Waals surface area (Å²) in [5.41, 5.74) is 1.03. The Morgan fingerprint density at radius 1 is 1.29 bits per heavy atom. The number of fused-ring (bicyclic) bond motifs is 1. The van der Waals surface area contributed by atoms with Crippen LogP contribution in [0.5, 0.6) is 11.5 Å². The number of rotatable bonds is 4. The predicted octanol–water partition coefficient (Wildman–Crippen LogP) is 2.58. The maximum atomic E-state index is 6.27. The van der Waals surface area contributed by atoms with Gasteiger partial charge >= 0.3 is 0 Å². The Hall–Kier alpha value is -1.62. The molecule has 0 spiro atoms. The normalized spacial score (nSPS) is 14.5. The summed E-state index contributed by atoms with van der Waals surface area (Å²) in [4.78, 5) is 4.17. The van der Waals surface area contributed by atoms with Gasteiger partial charge in [-0.1, -0.05) is 18.5 Å². The molecular formula is C15H22ClN3O2. The van der Waals surface area contributed by atoms with Crippen LogP contribution in [0.2, 0.25) is 5.02 Å². The SMILES string of the molecule is CCCNC(=NC)NCc1cc(Cl)c2c(c1)OCCCO2. The van der Waals surface area contributed by atoms with Crippen molar-refractivity contribution in [2.75, 3.05) is 26.8 Å². The molecule has 0 aromatic heterocycles. The fourth-order valence-electron chi connectivity index (χ4n) is 2.04. The predicted molar refractivity (Wildman–Crippen MR) is 85.6 cm³/mol. The van der Waals surface area contributed by atoms with E-state index in [0.29, 0.717) is 36.3 Å². The molecule has 1 heterocycles. The van der Waals surface area contributed by atoms with E-state index in [1.807, 2.05) is 12.1 Å². The summed E-state index contributed by atoms with van der Waals surface area (Å²) in [7, 11) is 1.76. The highest BCUT2D eigenvalue weighted by Crippen LogP contribution is 2.37. The molecule has 2 N–H and O–H groups in total. The average Bonchev–Trinajstić information content (AvgIpc) is 2.73. The smallest absolute Gasteiger partial charge is 0.191 e. The average molecular weight is 312 g/mol. The standard InChI is InChI=1S/C15H22ClN3O2/c1-3-5-18-15(17-2)19-10-11-8-12(16)14-13(9-11)20-6-4-7-21-14/h8-9H,3-7,10H2,1-2H3,(H2,17,18,19). The zero-order chi connectivity index (χ0) is 15.1. The summed E-state index contributed by atoms with van der Waals surface area (Å²) in [6, 6.07) is 3.86. The highest BCUT2D eigenvalue weighted by atomic mass is 35.5. The molecule has 0 unspecified atom stereocenters. The number of aliphatic imine (C=N–C) groups is 1. The lowest BCUT2D eigenvalue weighted by atomic mass is 10.2. The lowest BCUT2D eigenvalue weighted by Gasteiger charge is -2.14. The van der Waals surface area contributed by atoms with E-state index in [0.717, 1.165) is 30.9 Å². The fraction of sp³-hybridized carbons (Fsp3) is 0.533. The van der Waals surface area contributed by atoms with Crippen molar-refractivity contribution in [3.05, 3.63) is 22.7 Å². The molecular weight excluding hydrogens is 290 g/mol. The van der Waals surface area contributed by atoms with E-state index in [9.17, 15) is 0 Å². The molecule has 0 saturated heterocycles. The van der Waals surface area contributed by atoms with E-state index in [1.54, 1.807) is 7.05 Å². The van der Waals surface area contributed by atoms with E-state index in [1.165, 1.54) is 0 Å². The van der Waals surface area contributed by atoms with E-state index in [4.69, 9.17) is 21.1 Å². The van der Waals surface area contributed by atoms with Crippen LogP contribution in [0.1, 0.15) is 25.3 Å². The summed E-state index contributed by atoms with van der Waals surface area (Å²) in [5.74, 6) is 2.14. The van der Waals surface area contributed by atoms with Gasteiger partial charge in [0.25, 0.3) is 0 Å². The number of nitrogens with zero attached hydrogens (tertiary/aromatic N) is 1. The van der Waals surface area contributed by atoms with Gasteiger partial charge < -0.3 is 20.1 Å². The summed E-state index contributed by atoms with van der Waals surface area (Å²) in [6.07, 6.45) is 1.92. The topological polar surface area (TPSA) is 54.9 Å². The van der Waals surface area contributed by atoms with Crippen LogP contribution in [-0.2, 0) is 6.54 Å². The third kappa shape index (κ3) is 4.43. The molecule has 5 nitrogen and oxygen atoms in total.